The molecule has 0 radical (unpaired) electrons. The van der Waals surface area contributed by atoms with Crippen LogP contribution >= 0.6 is 24.8 Å². The molecule has 0 amide bonds. The number of hydrogen-bond donors (Lipinski definition) is 2. The van der Waals surface area contributed by atoms with Gasteiger partial charge in [0, 0.05) is 18.9 Å². The standard InChI is InChI=1S/C4H8F2N2.2ClH/c5-4(6)1-3(2-4)8-7;;/h3,8H,1-2,7H2;2*1H. The quantitative estimate of drug-likeness (QED) is 0.485. The van der Waals surface area contributed by atoms with E-state index < -0.39 is 5.92 Å². The lowest BCUT2D eigenvalue weighted by Gasteiger charge is -2.33. The van der Waals surface area contributed by atoms with Crippen LogP contribution in [0.4, 0.5) is 8.78 Å². The Hall–Kier alpha value is 0.360. The van der Waals surface area contributed by atoms with E-state index in [1.54, 1.807) is 0 Å². The largest absolute Gasteiger partial charge is 0.271 e. The highest BCUT2D eigenvalue weighted by Gasteiger charge is 2.44. The Labute approximate surface area is 70.3 Å². The number of hydrazine groups is 1. The van der Waals surface area contributed by atoms with Crippen molar-refractivity contribution in [3.05, 3.63) is 0 Å². The minimum atomic E-state index is -2.45. The van der Waals surface area contributed by atoms with E-state index in [-0.39, 0.29) is 43.7 Å². The van der Waals surface area contributed by atoms with Crippen LogP contribution in [0, 0.1) is 0 Å². The molecule has 0 atom stereocenters. The van der Waals surface area contributed by atoms with Crippen LogP contribution < -0.4 is 11.3 Å². The lowest BCUT2D eigenvalue weighted by molar-refractivity contribution is -0.0926. The van der Waals surface area contributed by atoms with E-state index in [1.807, 2.05) is 0 Å². The van der Waals surface area contributed by atoms with Gasteiger partial charge in [0.25, 0.3) is 5.92 Å². The van der Waals surface area contributed by atoms with Crippen molar-refractivity contribution in [2.24, 2.45) is 5.84 Å². The van der Waals surface area contributed by atoms with Crippen LogP contribution in [-0.2, 0) is 0 Å². The Balaban J connectivity index is 0. The van der Waals surface area contributed by atoms with Crippen LogP contribution in [0.15, 0.2) is 0 Å². The predicted octanol–water partition coefficient (Wildman–Crippen LogP) is 1.09. The zero-order chi connectivity index (χ0) is 6.20. The normalized spacial score (nSPS) is 21.9. The topological polar surface area (TPSA) is 38.0 Å². The number of rotatable bonds is 1. The maximum atomic E-state index is 11.9. The van der Waals surface area contributed by atoms with Gasteiger partial charge in [-0.05, 0) is 0 Å². The van der Waals surface area contributed by atoms with Crippen LogP contribution in [0.2, 0.25) is 0 Å². The summed E-state index contributed by atoms with van der Waals surface area (Å²) in [7, 11) is 0. The van der Waals surface area contributed by atoms with E-state index in [0.717, 1.165) is 0 Å². The first kappa shape index (κ1) is 13.0. The average Bonchev–Trinajstić information content (AvgIpc) is 1.60. The first-order chi connectivity index (χ1) is 3.64. The van der Waals surface area contributed by atoms with Gasteiger partial charge in [-0.3, -0.25) is 11.3 Å². The first-order valence-corrected chi connectivity index (χ1v) is 2.48. The summed E-state index contributed by atoms with van der Waals surface area (Å²) in [6.45, 7) is 0. The number of nitrogens with two attached hydrogens (primary N) is 1. The Morgan fingerprint density at radius 2 is 1.70 bits per heavy atom. The SMILES string of the molecule is Cl.Cl.NNC1CC(F)(F)C1. The van der Waals surface area contributed by atoms with E-state index in [9.17, 15) is 8.78 Å². The maximum absolute atomic E-state index is 11.9. The Morgan fingerprint density at radius 3 is 1.80 bits per heavy atom. The van der Waals surface area contributed by atoms with Crippen LogP contribution in [0.1, 0.15) is 12.8 Å². The summed E-state index contributed by atoms with van der Waals surface area (Å²) < 4.78 is 23.8. The number of halogens is 4. The zero-order valence-electron chi connectivity index (χ0n) is 5.14. The van der Waals surface area contributed by atoms with E-state index in [4.69, 9.17) is 5.84 Å². The lowest BCUT2D eigenvalue weighted by atomic mass is 9.89. The zero-order valence-corrected chi connectivity index (χ0v) is 6.77. The highest BCUT2D eigenvalue weighted by atomic mass is 35.5. The molecule has 3 N–H and O–H groups in total. The fourth-order valence-corrected chi connectivity index (χ4v) is 0.779. The van der Waals surface area contributed by atoms with E-state index in [2.05, 4.69) is 5.43 Å². The van der Waals surface area contributed by atoms with E-state index in [0.29, 0.717) is 0 Å². The van der Waals surface area contributed by atoms with Crippen molar-refractivity contribution in [2.45, 2.75) is 24.8 Å². The Bertz CT molecular complexity index is 93.3. The van der Waals surface area contributed by atoms with Gasteiger partial charge >= 0.3 is 0 Å². The average molecular weight is 195 g/mol. The highest BCUT2D eigenvalue weighted by Crippen LogP contribution is 2.36. The summed E-state index contributed by atoms with van der Waals surface area (Å²) in [5, 5.41) is 0. The molecule has 1 rings (SSSR count). The molecule has 0 heterocycles. The molecule has 10 heavy (non-hydrogen) atoms. The Morgan fingerprint density at radius 1 is 1.30 bits per heavy atom. The van der Waals surface area contributed by atoms with Gasteiger partial charge < -0.3 is 0 Å². The molecule has 0 aliphatic heterocycles. The van der Waals surface area contributed by atoms with E-state index >= 15 is 0 Å². The summed E-state index contributed by atoms with van der Waals surface area (Å²) in [4.78, 5) is 0. The van der Waals surface area contributed by atoms with Crippen molar-refractivity contribution in [1.82, 2.24) is 5.43 Å². The van der Waals surface area contributed by atoms with Gasteiger partial charge in [-0.2, -0.15) is 0 Å². The van der Waals surface area contributed by atoms with Crippen molar-refractivity contribution in [1.29, 1.82) is 0 Å². The molecule has 0 bridgehead atoms. The minimum absolute atomic E-state index is 0. The molecular formula is C4H10Cl2F2N2. The minimum Gasteiger partial charge on any atom is -0.271 e. The van der Waals surface area contributed by atoms with Gasteiger partial charge in [-0.1, -0.05) is 0 Å². The summed E-state index contributed by atoms with van der Waals surface area (Å²) in [5.41, 5.74) is 2.28. The second-order valence-corrected chi connectivity index (χ2v) is 2.13. The number of hydrogen-bond acceptors (Lipinski definition) is 2. The third kappa shape index (κ3) is 2.96. The molecule has 2 nitrogen and oxygen atoms in total. The molecule has 64 valence electrons. The summed E-state index contributed by atoms with van der Waals surface area (Å²) in [6.07, 6.45) is -0.215. The number of nitrogens with one attached hydrogen (secondary N) is 1. The molecule has 1 aliphatic rings. The Kier molecular flexibility index (Phi) is 5.56. The van der Waals surface area contributed by atoms with Crippen molar-refractivity contribution in [2.75, 3.05) is 0 Å². The molecule has 1 saturated carbocycles. The number of alkyl halides is 2. The molecule has 0 saturated heterocycles. The third-order valence-corrected chi connectivity index (χ3v) is 1.33. The van der Waals surface area contributed by atoms with E-state index in [1.165, 1.54) is 0 Å². The van der Waals surface area contributed by atoms with Gasteiger partial charge in [-0.25, -0.2) is 8.78 Å². The van der Waals surface area contributed by atoms with Gasteiger partial charge in [0.2, 0.25) is 0 Å². The van der Waals surface area contributed by atoms with Crippen LogP contribution in [0.3, 0.4) is 0 Å². The highest BCUT2D eigenvalue weighted by molar-refractivity contribution is 5.85. The molecule has 0 aromatic carbocycles. The van der Waals surface area contributed by atoms with Crippen molar-refractivity contribution in [3.63, 3.8) is 0 Å². The first-order valence-electron chi connectivity index (χ1n) is 2.48. The molecule has 0 unspecified atom stereocenters. The second-order valence-electron chi connectivity index (χ2n) is 2.13. The molecule has 1 aliphatic carbocycles. The molecule has 1 fully saturated rings. The van der Waals surface area contributed by atoms with Gasteiger partial charge in [-0.15, -0.1) is 24.8 Å². The van der Waals surface area contributed by atoms with Crippen LogP contribution in [-0.4, -0.2) is 12.0 Å². The predicted molar refractivity (Wildman–Crippen MR) is 39.8 cm³/mol. The molecule has 0 spiro atoms. The van der Waals surface area contributed by atoms with Crippen LogP contribution in [0.5, 0.6) is 0 Å². The summed E-state index contributed by atoms with van der Waals surface area (Å²) in [5.74, 6) is 2.42. The molecule has 0 aromatic rings. The van der Waals surface area contributed by atoms with Gasteiger partial charge in [0.1, 0.15) is 0 Å². The summed E-state index contributed by atoms with van der Waals surface area (Å²) in [6, 6.07) is -0.162. The lowest BCUT2D eigenvalue weighted by Crippen LogP contribution is -2.51. The third-order valence-electron chi connectivity index (χ3n) is 1.33. The monoisotopic (exact) mass is 194 g/mol. The van der Waals surface area contributed by atoms with Gasteiger partial charge in [0.05, 0.1) is 0 Å². The second kappa shape index (κ2) is 4.28. The van der Waals surface area contributed by atoms with Crippen molar-refractivity contribution in [3.8, 4) is 0 Å². The molecule has 0 aromatic heterocycles. The fourth-order valence-electron chi connectivity index (χ4n) is 0.779. The van der Waals surface area contributed by atoms with Crippen molar-refractivity contribution >= 4 is 24.8 Å². The molecule has 6 heteroatoms. The van der Waals surface area contributed by atoms with Crippen molar-refractivity contribution < 1.29 is 8.78 Å². The van der Waals surface area contributed by atoms with Crippen LogP contribution in [0.25, 0.3) is 0 Å². The smallest absolute Gasteiger partial charge is 0.251 e. The fraction of sp³-hybridized carbons (Fsp3) is 1.00. The van der Waals surface area contributed by atoms with Gasteiger partial charge in [0.15, 0.2) is 0 Å². The molecular weight excluding hydrogens is 185 g/mol. The maximum Gasteiger partial charge on any atom is 0.251 e. The summed E-state index contributed by atoms with van der Waals surface area (Å²) >= 11 is 0.